The number of benzene rings is 1. The molecule has 0 radical (unpaired) electrons. The molecule has 1 aromatic carbocycles. The minimum Gasteiger partial charge on any atom is -0.342 e. The molecule has 0 bridgehead atoms. The molecule has 1 N–H and O–H groups in total. The number of nitrogens with one attached hydrogen (secondary N) is 1. The van der Waals surface area contributed by atoms with Gasteiger partial charge in [-0.2, -0.15) is 0 Å². The first-order valence-electron chi connectivity index (χ1n) is 7.41. The van der Waals surface area contributed by atoms with E-state index in [9.17, 15) is 14.4 Å². The summed E-state index contributed by atoms with van der Waals surface area (Å²) in [6.07, 6.45) is 0. The summed E-state index contributed by atoms with van der Waals surface area (Å²) in [7, 11) is 0. The Hall–Kier alpha value is -2.37. The van der Waals surface area contributed by atoms with Gasteiger partial charge in [0.15, 0.2) is 0 Å². The smallest absolute Gasteiger partial charge is 0.325 e. The topological polar surface area (TPSA) is 69.7 Å². The number of carbonyl (C=O) groups excluding carboxylic acids is 3. The fraction of sp³-hybridized carbons (Fsp3) is 0.438. The van der Waals surface area contributed by atoms with Gasteiger partial charge in [-0.05, 0) is 26.3 Å². The molecule has 6 nitrogen and oxygen atoms in total. The van der Waals surface area contributed by atoms with Crippen LogP contribution in [0.1, 0.15) is 26.3 Å². The van der Waals surface area contributed by atoms with Gasteiger partial charge in [0.25, 0.3) is 5.91 Å². The van der Waals surface area contributed by atoms with E-state index >= 15 is 0 Å². The van der Waals surface area contributed by atoms with Crippen LogP contribution in [0.3, 0.4) is 0 Å². The first-order chi connectivity index (χ1) is 10.4. The van der Waals surface area contributed by atoms with Gasteiger partial charge in [0.1, 0.15) is 12.1 Å². The number of hydrogen-bond donors (Lipinski definition) is 1. The average molecular weight is 303 g/mol. The molecule has 22 heavy (non-hydrogen) atoms. The van der Waals surface area contributed by atoms with Crippen LogP contribution >= 0.6 is 0 Å². The molecule has 1 fully saturated rings. The van der Waals surface area contributed by atoms with Crippen LogP contribution in [0.25, 0.3) is 0 Å². The molecule has 2 rings (SSSR count). The maximum atomic E-state index is 12.6. The third-order valence-corrected chi connectivity index (χ3v) is 4.04. The number of hydrogen-bond acceptors (Lipinski definition) is 3. The third-order valence-electron chi connectivity index (χ3n) is 4.04. The van der Waals surface area contributed by atoms with E-state index in [4.69, 9.17) is 0 Å². The van der Waals surface area contributed by atoms with Crippen LogP contribution in [0.4, 0.5) is 4.79 Å². The molecular formula is C16H21N3O3. The summed E-state index contributed by atoms with van der Waals surface area (Å²) < 4.78 is 0. The highest BCUT2D eigenvalue weighted by molar-refractivity contribution is 6.09. The van der Waals surface area contributed by atoms with E-state index in [1.807, 2.05) is 32.0 Å². The van der Waals surface area contributed by atoms with Crippen molar-refractivity contribution >= 4 is 17.8 Å². The van der Waals surface area contributed by atoms with Crippen molar-refractivity contribution in [2.24, 2.45) is 0 Å². The molecule has 0 aliphatic carbocycles. The Balaban J connectivity index is 2.21. The minimum atomic E-state index is -1.12. The summed E-state index contributed by atoms with van der Waals surface area (Å²) >= 11 is 0. The Labute approximate surface area is 130 Å². The van der Waals surface area contributed by atoms with E-state index in [1.54, 1.807) is 24.0 Å². The van der Waals surface area contributed by atoms with Crippen molar-refractivity contribution in [1.29, 1.82) is 0 Å². The second-order valence-electron chi connectivity index (χ2n) is 5.38. The van der Waals surface area contributed by atoms with Crippen molar-refractivity contribution < 1.29 is 14.4 Å². The lowest BCUT2D eigenvalue weighted by atomic mass is 9.92. The van der Waals surface area contributed by atoms with E-state index in [1.165, 1.54) is 0 Å². The van der Waals surface area contributed by atoms with Gasteiger partial charge in [0, 0.05) is 13.1 Å². The lowest BCUT2D eigenvalue weighted by Gasteiger charge is -2.23. The molecular weight excluding hydrogens is 282 g/mol. The number of urea groups is 1. The van der Waals surface area contributed by atoms with Crippen LogP contribution in [-0.4, -0.2) is 47.3 Å². The highest BCUT2D eigenvalue weighted by atomic mass is 16.2. The zero-order valence-electron chi connectivity index (χ0n) is 13.1. The van der Waals surface area contributed by atoms with Gasteiger partial charge in [-0.25, -0.2) is 4.79 Å². The molecule has 1 saturated heterocycles. The molecule has 6 heteroatoms. The van der Waals surface area contributed by atoms with Crippen molar-refractivity contribution in [3.05, 3.63) is 35.9 Å². The molecule has 1 aromatic rings. The lowest BCUT2D eigenvalue weighted by Crippen LogP contribution is -2.44. The first kappa shape index (κ1) is 16.0. The van der Waals surface area contributed by atoms with Crippen molar-refractivity contribution in [2.75, 3.05) is 19.6 Å². The number of likely N-dealkylation sites (N-methyl/N-ethyl adjacent to an activating group) is 1. The van der Waals surface area contributed by atoms with Crippen LogP contribution in [0.5, 0.6) is 0 Å². The Kier molecular flexibility index (Phi) is 4.49. The average Bonchev–Trinajstić information content (AvgIpc) is 2.74. The molecule has 1 atom stereocenters. The van der Waals surface area contributed by atoms with Gasteiger partial charge in [-0.15, -0.1) is 0 Å². The lowest BCUT2D eigenvalue weighted by molar-refractivity contribution is -0.138. The quantitative estimate of drug-likeness (QED) is 0.834. The second-order valence-corrected chi connectivity index (χ2v) is 5.38. The minimum absolute atomic E-state index is 0.227. The molecule has 4 amide bonds. The summed E-state index contributed by atoms with van der Waals surface area (Å²) in [4.78, 5) is 39.5. The van der Waals surface area contributed by atoms with Crippen LogP contribution in [-0.2, 0) is 15.1 Å². The number of carbonyl (C=O) groups is 3. The SMILES string of the molecule is CCN(CC)C(=O)CN1C(=O)N[C@@](C)(c2ccccc2)C1=O. The standard InChI is InChI=1S/C16H21N3O3/c1-4-18(5-2)13(20)11-19-14(21)16(3,17-15(19)22)12-9-7-6-8-10-12/h6-10H,4-5,11H2,1-3H3,(H,17,22)/t16-/m0/s1. The molecule has 118 valence electrons. The Morgan fingerprint density at radius 1 is 1.18 bits per heavy atom. The molecule has 0 spiro atoms. The summed E-state index contributed by atoms with van der Waals surface area (Å²) in [6, 6.07) is 8.50. The van der Waals surface area contributed by atoms with Gasteiger partial charge in [-0.3, -0.25) is 14.5 Å². The van der Waals surface area contributed by atoms with E-state index in [0.717, 1.165) is 4.90 Å². The monoisotopic (exact) mass is 303 g/mol. The van der Waals surface area contributed by atoms with Crippen LogP contribution in [0.2, 0.25) is 0 Å². The van der Waals surface area contributed by atoms with Crippen molar-refractivity contribution in [3.8, 4) is 0 Å². The number of nitrogens with zero attached hydrogens (tertiary/aromatic N) is 2. The maximum absolute atomic E-state index is 12.6. The highest BCUT2D eigenvalue weighted by Crippen LogP contribution is 2.28. The first-order valence-corrected chi connectivity index (χ1v) is 7.41. The van der Waals surface area contributed by atoms with E-state index in [-0.39, 0.29) is 12.5 Å². The molecule has 1 aliphatic rings. The largest absolute Gasteiger partial charge is 0.342 e. The molecule has 1 heterocycles. The fourth-order valence-electron chi connectivity index (χ4n) is 2.62. The number of rotatable bonds is 5. The molecule has 0 unspecified atom stereocenters. The third kappa shape index (κ3) is 2.68. The predicted molar refractivity (Wildman–Crippen MR) is 82.0 cm³/mol. The second kappa shape index (κ2) is 6.17. The van der Waals surface area contributed by atoms with Crippen LogP contribution < -0.4 is 5.32 Å². The van der Waals surface area contributed by atoms with Gasteiger partial charge in [-0.1, -0.05) is 30.3 Å². The van der Waals surface area contributed by atoms with Crippen molar-refractivity contribution in [2.45, 2.75) is 26.3 Å². The predicted octanol–water partition coefficient (Wildman–Crippen LogP) is 1.32. The Morgan fingerprint density at radius 2 is 1.77 bits per heavy atom. The summed E-state index contributed by atoms with van der Waals surface area (Å²) in [5, 5.41) is 2.69. The van der Waals surface area contributed by atoms with Crippen molar-refractivity contribution in [3.63, 3.8) is 0 Å². The van der Waals surface area contributed by atoms with Gasteiger partial charge in [0.2, 0.25) is 5.91 Å². The fourth-order valence-corrected chi connectivity index (χ4v) is 2.62. The van der Waals surface area contributed by atoms with E-state index in [2.05, 4.69) is 5.32 Å². The molecule has 0 saturated carbocycles. The Morgan fingerprint density at radius 3 is 2.32 bits per heavy atom. The Bertz CT molecular complexity index is 584. The van der Waals surface area contributed by atoms with Gasteiger partial charge in [0.05, 0.1) is 0 Å². The van der Waals surface area contributed by atoms with Gasteiger partial charge < -0.3 is 10.2 Å². The maximum Gasteiger partial charge on any atom is 0.325 e. The zero-order valence-corrected chi connectivity index (χ0v) is 13.1. The number of imide groups is 1. The van der Waals surface area contributed by atoms with Crippen molar-refractivity contribution in [1.82, 2.24) is 15.1 Å². The summed E-state index contributed by atoms with van der Waals surface area (Å²) in [5.41, 5.74) is -0.423. The summed E-state index contributed by atoms with van der Waals surface area (Å²) in [6.45, 7) is 6.26. The van der Waals surface area contributed by atoms with Gasteiger partial charge >= 0.3 is 6.03 Å². The van der Waals surface area contributed by atoms with E-state index < -0.39 is 17.5 Å². The van der Waals surface area contributed by atoms with Crippen LogP contribution in [0.15, 0.2) is 30.3 Å². The number of amides is 4. The normalized spacial score (nSPS) is 21.0. The zero-order chi connectivity index (χ0) is 16.3. The summed E-state index contributed by atoms with van der Waals surface area (Å²) in [5.74, 6) is -0.630. The highest BCUT2D eigenvalue weighted by Gasteiger charge is 2.49. The van der Waals surface area contributed by atoms with E-state index in [0.29, 0.717) is 18.7 Å². The molecule has 0 aromatic heterocycles. The van der Waals surface area contributed by atoms with Crippen LogP contribution in [0, 0.1) is 0 Å². The molecule has 1 aliphatic heterocycles.